The fraction of sp³-hybridized carbons (Fsp3) is 0.400. The molecule has 0 spiro atoms. The molecule has 6 heteroatoms. The molecule has 0 aliphatic carbocycles. The van der Waals surface area contributed by atoms with E-state index in [2.05, 4.69) is 37.1 Å². The molecule has 1 aromatic heterocycles. The van der Waals surface area contributed by atoms with Crippen LogP contribution in [0.25, 0.3) is 6.08 Å². The van der Waals surface area contributed by atoms with Crippen molar-refractivity contribution < 1.29 is 14.3 Å². The van der Waals surface area contributed by atoms with Crippen LogP contribution in [0.4, 0.5) is 5.82 Å². The summed E-state index contributed by atoms with van der Waals surface area (Å²) < 4.78 is 5.28. The molecule has 0 saturated heterocycles. The first-order valence-electron chi connectivity index (χ1n) is 10.6. The summed E-state index contributed by atoms with van der Waals surface area (Å²) in [6.45, 7) is 9.73. The van der Waals surface area contributed by atoms with Crippen LogP contribution in [0, 0.1) is 12.3 Å². The second kappa shape index (κ2) is 9.33. The lowest BCUT2D eigenvalue weighted by molar-refractivity contribution is -0.105. The third kappa shape index (κ3) is 4.95. The quantitative estimate of drug-likeness (QED) is 0.589. The number of ether oxygens (including phenoxy) is 1. The van der Waals surface area contributed by atoms with E-state index in [1.54, 1.807) is 13.2 Å². The zero-order valence-corrected chi connectivity index (χ0v) is 19.0. The average molecular weight is 422 g/mol. The number of aromatic nitrogens is 1. The summed E-state index contributed by atoms with van der Waals surface area (Å²) in [5.41, 5.74) is 4.63. The highest BCUT2D eigenvalue weighted by molar-refractivity contribution is 5.98. The van der Waals surface area contributed by atoms with Crippen LogP contribution in [-0.2, 0) is 11.3 Å². The van der Waals surface area contributed by atoms with Crippen LogP contribution in [-0.4, -0.2) is 35.9 Å². The smallest absolute Gasteiger partial charge is 0.254 e. The number of pyridine rings is 1. The second-order valence-electron chi connectivity index (χ2n) is 8.65. The van der Waals surface area contributed by atoms with Gasteiger partial charge in [-0.1, -0.05) is 44.9 Å². The Bertz CT molecular complexity index is 1010. The molecular weight excluding hydrogens is 390 g/mol. The molecule has 1 aliphatic rings. The number of nitrogens with one attached hydrogen (secondary N) is 1. The zero-order valence-electron chi connectivity index (χ0n) is 19.0. The van der Waals surface area contributed by atoms with E-state index < -0.39 is 0 Å². The topological polar surface area (TPSA) is 71.5 Å². The molecule has 1 aliphatic heterocycles. The minimum atomic E-state index is -0.236. The summed E-state index contributed by atoms with van der Waals surface area (Å²) in [5.74, 6) is 1.27. The number of carbonyl (C=O) groups excluding carboxylic acids is 2. The summed E-state index contributed by atoms with van der Waals surface area (Å²) in [6.07, 6.45) is 4.65. The standard InChI is InChI=1S/C25H31N3O3/c1-6-7-19(12-22-17(2)8-11-23(27-22)26-16-29)25(3,4)15-28-14-18-9-10-20(31-5)13-21(18)24(28)30/h8-13,16H,6-7,14-15H2,1-5H3,(H,26,27,29)/b19-12+. The Kier molecular flexibility index (Phi) is 6.78. The zero-order chi connectivity index (χ0) is 22.6. The van der Waals surface area contributed by atoms with E-state index in [1.807, 2.05) is 36.1 Å². The maximum absolute atomic E-state index is 13.0. The predicted molar refractivity (Wildman–Crippen MR) is 123 cm³/mol. The van der Waals surface area contributed by atoms with E-state index in [9.17, 15) is 9.59 Å². The van der Waals surface area contributed by atoms with Crippen LogP contribution in [0.15, 0.2) is 35.9 Å². The molecular formula is C25H31N3O3. The normalized spacial score (nSPS) is 13.9. The van der Waals surface area contributed by atoms with Crippen LogP contribution < -0.4 is 10.1 Å². The van der Waals surface area contributed by atoms with Crippen molar-refractivity contribution in [1.29, 1.82) is 0 Å². The van der Waals surface area contributed by atoms with Gasteiger partial charge in [-0.2, -0.15) is 0 Å². The summed E-state index contributed by atoms with van der Waals surface area (Å²) in [5, 5.41) is 2.62. The van der Waals surface area contributed by atoms with Gasteiger partial charge in [0, 0.05) is 24.1 Å². The number of nitrogens with zero attached hydrogens (tertiary/aromatic N) is 2. The van der Waals surface area contributed by atoms with Gasteiger partial charge in [-0.15, -0.1) is 0 Å². The predicted octanol–water partition coefficient (Wildman–Crippen LogP) is 4.83. The number of benzene rings is 1. The Balaban J connectivity index is 1.88. The molecule has 2 aromatic rings. The van der Waals surface area contributed by atoms with Crippen molar-refractivity contribution in [1.82, 2.24) is 9.88 Å². The van der Waals surface area contributed by atoms with Gasteiger partial charge in [0.1, 0.15) is 11.6 Å². The summed E-state index contributed by atoms with van der Waals surface area (Å²) in [7, 11) is 1.61. The van der Waals surface area contributed by atoms with E-state index in [0.717, 1.165) is 35.2 Å². The Hall–Kier alpha value is -3.15. The first-order chi connectivity index (χ1) is 14.8. The van der Waals surface area contributed by atoms with Crippen molar-refractivity contribution in [3.05, 3.63) is 58.3 Å². The first-order valence-corrected chi connectivity index (χ1v) is 10.6. The number of fused-ring (bicyclic) bond motifs is 1. The highest BCUT2D eigenvalue weighted by Gasteiger charge is 2.34. The van der Waals surface area contributed by atoms with Crippen molar-refractivity contribution in [2.75, 3.05) is 19.0 Å². The van der Waals surface area contributed by atoms with Crippen molar-refractivity contribution >= 4 is 24.2 Å². The molecule has 2 heterocycles. The van der Waals surface area contributed by atoms with Crippen LogP contribution in [0.5, 0.6) is 5.75 Å². The number of aryl methyl sites for hydroxylation is 1. The minimum Gasteiger partial charge on any atom is -0.497 e. The molecule has 1 N–H and O–H groups in total. The largest absolute Gasteiger partial charge is 0.497 e. The number of amides is 2. The Morgan fingerprint density at radius 1 is 1.29 bits per heavy atom. The van der Waals surface area contributed by atoms with E-state index >= 15 is 0 Å². The number of methoxy groups -OCH3 is 1. The molecule has 2 amide bonds. The Morgan fingerprint density at radius 3 is 2.74 bits per heavy atom. The number of rotatable bonds is 9. The third-order valence-corrected chi connectivity index (χ3v) is 5.82. The number of hydrogen-bond donors (Lipinski definition) is 1. The van der Waals surface area contributed by atoms with Gasteiger partial charge < -0.3 is 15.0 Å². The Morgan fingerprint density at radius 2 is 2.06 bits per heavy atom. The SMILES string of the molecule is CCC/C(=C\c1nc(NC=O)ccc1C)C(C)(C)CN1Cc2ccc(OC)cc2C1=O. The second-order valence-corrected chi connectivity index (χ2v) is 8.65. The summed E-state index contributed by atoms with van der Waals surface area (Å²) >= 11 is 0. The van der Waals surface area contributed by atoms with Crippen LogP contribution in [0.1, 0.15) is 60.8 Å². The monoisotopic (exact) mass is 421 g/mol. The number of carbonyl (C=O) groups is 2. The van der Waals surface area contributed by atoms with Crippen molar-refractivity contribution in [2.45, 2.75) is 47.1 Å². The molecule has 0 saturated carbocycles. The molecule has 3 rings (SSSR count). The van der Waals surface area contributed by atoms with Crippen LogP contribution in [0.3, 0.4) is 0 Å². The van der Waals surface area contributed by atoms with Gasteiger partial charge in [0.05, 0.1) is 12.8 Å². The molecule has 0 atom stereocenters. The molecule has 0 fully saturated rings. The van der Waals surface area contributed by atoms with Gasteiger partial charge in [-0.3, -0.25) is 9.59 Å². The fourth-order valence-electron chi connectivity index (χ4n) is 4.05. The van der Waals surface area contributed by atoms with Gasteiger partial charge in [0.15, 0.2) is 0 Å². The maximum Gasteiger partial charge on any atom is 0.254 e. The highest BCUT2D eigenvalue weighted by atomic mass is 16.5. The third-order valence-electron chi connectivity index (χ3n) is 5.82. The van der Waals surface area contributed by atoms with E-state index in [4.69, 9.17) is 4.74 Å². The molecule has 164 valence electrons. The fourth-order valence-corrected chi connectivity index (χ4v) is 4.05. The molecule has 1 aromatic carbocycles. The molecule has 6 nitrogen and oxygen atoms in total. The molecule has 0 unspecified atom stereocenters. The van der Waals surface area contributed by atoms with Crippen molar-refractivity contribution in [3.63, 3.8) is 0 Å². The first kappa shape index (κ1) is 22.5. The molecule has 0 bridgehead atoms. The van der Waals surface area contributed by atoms with Crippen molar-refractivity contribution in [3.8, 4) is 5.75 Å². The van der Waals surface area contributed by atoms with E-state index in [1.165, 1.54) is 5.57 Å². The van der Waals surface area contributed by atoms with Gasteiger partial charge in [-0.05, 0) is 48.7 Å². The van der Waals surface area contributed by atoms with E-state index in [0.29, 0.717) is 31.1 Å². The van der Waals surface area contributed by atoms with E-state index in [-0.39, 0.29) is 11.3 Å². The lowest BCUT2D eigenvalue weighted by Gasteiger charge is -2.33. The lowest BCUT2D eigenvalue weighted by atomic mass is 9.80. The lowest BCUT2D eigenvalue weighted by Crippen LogP contribution is -2.35. The minimum absolute atomic E-state index is 0.0457. The van der Waals surface area contributed by atoms with Gasteiger partial charge >= 0.3 is 0 Å². The summed E-state index contributed by atoms with van der Waals surface area (Å²) in [6, 6.07) is 9.44. The number of hydrogen-bond acceptors (Lipinski definition) is 4. The Labute approximate surface area is 184 Å². The van der Waals surface area contributed by atoms with Gasteiger partial charge in [0.25, 0.3) is 5.91 Å². The average Bonchev–Trinajstić information content (AvgIpc) is 3.04. The van der Waals surface area contributed by atoms with Crippen LogP contribution >= 0.6 is 0 Å². The maximum atomic E-state index is 13.0. The van der Waals surface area contributed by atoms with Crippen LogP contribution in [0.2, 0.25) is 0 Å². The summed E-state index contributed by atoms with van der Waals surface area (Å²) in [4.78, 5) is 30.3. The molecule has 0 radical (unpaired) electrons. The molecule has 31 heavy (non-hydrogen) atoms. The van der Waals surface area contributed by atoms with Gasteiger partial charge in [0.2, 0.25) is 6.41 Å². The van der Waals surface area contributed by atoms with Crippen molar-refractivity contribution in [2.24, 2.45) is 5.41 Å². The van der Waals surface area contributed by atoms with Gasteiger partial charge in [-0.25, -0.2) is 4.98 Å². The number of anilines is 1. The highest BCUT2D eigenvalue weighted by Crippen LogP contribution is 2.36.